The number of carbonyl (C=O) groups is 1. The lowest BCUT2D eigenvalue weighted by atomic mass is 9.76. The number of morpholine rings is 1. The van der Waals surface area contributed by atoms with Gasteiger partial charge in [-0.25, -0.2) is 4.79 Å². The van der Waals surface area contributed by atoms with Crippen LogP contribution in [0.1, 0.15) is 39.2 Å². The third-order valence-corrected chi connectivity index (χ3v) is 4.77. The lowest BCUT2D eigenvalue weighted by Gasteiger charge is -2.51. The van der Waals surface area contributed by atoms with Crippen LogP contribution in [0.25, 0.3) is 0 Å². The third-order valence-electron chi connectivity index (χ3n) is 4.77. The van der Waals surface area contributed by atoms with Crippen LogP contribution in [0.3, 0.4) is 0 Å². The molecule has 1 aromatic rings. The number of amides is 1. The lowest BCUT2D eigenvalue weighted by Crippen LogP contribution is -2.63. The van der Waals surface area contributed by atoms with Crippen LogP contribution in [-0.4, -0.2) is 53.4 Å². The number of aliphatic hydroxyl groups is 1. The number of carbonyl (C=O) groups excluding carboxylic acids is 1. The topological polar surface area (TPSA) is 68.2 Å². The van der Waals surface area contributed by atoms with Gasteiger partial charge in [0.05, 0.1) is 30.9 Å². The van der Waals surface area contributed by atoms with Crippen molar-refractivity contribution in [2.24, 2.45) is 0 Å². The first kappa shape index (κ1) is 20.7. The smallest absolute Gasteiger partial charge is 0.444 e. The van der Waals surface area contributed by atoms with Crippen LogP contribution in [0.15, 0.2) is 24.3 Å². The van der Waals surface area contributed by atoms with E-state index >= 15 is 0 Å². The molecule has 2 aliphatic rings. The van der Waals surface area contributed by atoms with Gasteiger partial charge >= 0.3 is 12.5 Å². The van der Waals surface area contributed by atoms with Crippen molar-refractivity contribution < 1.29 is 37.3 Å². The minimum atomic E-state index is -4.87. The van der Waals surface area contributed by atoms with Crippen LogP contribution < -0.4 is 4.74 Å². The summed E-state index contributed by atoms with van der Waals surface area (Å²) >= 11 is 0. The van der Waals surface area contributed by atoms with E-state index in [1.165, 1.54) is 23.1 Å². The van der Waals surface area contributed by atoms with E-state index in [2.05, 4.69) is 4.74 Å². The highest BCUT2D eigenvalue weighted by atomic mass is 19.4. The molecule has 2 aliphatic heterocycles. The van der Waals surface area contributed by atoms with E-state index in [1.807, 2.05) is 0 Å². The average Bonchev–Trinajstić information content (AvgIpc) is 2.51. The minimum absolute atomic E-state index is 0.0149. The highest BCUT2D eigenvalue weighted by Gasteiger charge is 2.51. The Morgan fingerprint density at radius 1 is 1.18 bits per heavy atom. The van der Waals surface area contributed by atoms with Crippen LogP contribution in [-0.2, 0) is 15.1 Å². The molecule has 2 fully saturated rings. The van der Waals surface area contributed by atoms with Gasteiger partial charge in [0.25, 0.3) is 0 Å². The highest BCUT2D eigenvalue weighted by molar-refractivity contribution is 5.69. The molecule has 1 N–H and O–H groups in total. The van der Waals surface area contributed by atoms with Gasteiger partial charge in [-0.1, -0.05) is 18.2 Å². The quantitative estimate of drug-likeness (QED) is 0.818. The first-order valence-electron chi connectivity index (χ1n) is 9.05. The molecule has 2 bridgehead atoms. The number of piperidine rings is 1. The summed E-state index contributed by atoms with van der Waals surface area (Å²) in [6.45, 7) is 5.59. The van der Waals surface area contributed by atoms with Crippen molar-refractivity contribution in [3.05, 3.63) is 29.8 Å². The van der Waals surface area contributed by atoms with Crippen molar-refractivity contribution in [2.75, 3.05) is 13.2 Å². The molecule has 2 heterocycles. The Bertz CT molecular complexity index is 717. The fraction of sp³-hybridized carbons (Fsp3) is 0.632. The van der Waals surface area contributed by atoms with E-state index in [-0.39, 0.29) is 31.6 Å². The van der Waals surface area contributed by atoms with Crippen LogP contribution in [0.5, 0.6) is 5.75 Å². The second-order valence-corrected chi connectivity index (χ2v) is 8.22. The lowest BCUT2D eigenvalue weighted by molar-refractivity contribution is -0.275. The van der Waals surface area contributed by atoms with Gasteiger partial charge in [0.1, 0.15) is 11.4 Å². The zero-order chi connectivity index (χ0) is 20.7. The Labute approximate surface area is 161 Å². The number of fused-ring (bicyclic) bond motifs is 2. The van der Waals surface area contributed by atoms with Gasteiger partial charge in [-0.05, 0) is 26.8 Å². The van der Waals surface area contributed by atoms with Crippen molar-refractivity contribution >= 4 is 6.09 Å². The Kier molecular flexibility index (Phi) is 5.26. The maximum absolute atomic E-state index is 12.8. The summed E-state index contributed by atoms with van der Waals surface area (Å²) in [6, 6.07) is 4.50. The summed E-state index contributed by atoms with van der Waals surface area (Å²) in [5, 5.41) is 11.3. The van der Waals surface area contributed by atoms with E-state index < -0.39 is 41.5 Å². The first-order valence-corrected chi connectivity index (χ1v) is 9.05. The van der Waals surface area contributed by atoms with Crippen LogP contribution in [0.4, 0.5) is 18.0 Å². The van der Waals surface area contributed by atoms with Gasteiger partial charge in [0.15, 0.2) is 0 Å². The van der Waals surface area contributed by atoms with Crippen molar-refractivity contribution in [2.45, 2.75) is 63.3 Å². The van der Waals surface area contributed by atoms with E-state index in [0.717, 1.165) is 0 Å². The van der Waals surface area contributed by atoms with E-state index in [9.17, 15) is 23.1 Å². The molecule has 9 heteroatoms. The van der Waals surface area contributed by atoms with E-state index in [4.69, 9.17) is 9.47 Å². The van der Waals surface area contributed by atoms with Crippen LogP contribution in [0, 0.1) is 0 Å². The predicted octanol–water partition coefficient (Wildman–Crippen LogP) is 3.57. The summed E-state index contributed by atoms with van der Waals surface area (Å²) in [7, 11) is 0. The summed E-state index contributed by atoms with van der Waals surface area (Å²) in [6.07, 6.45) is -5.36. The molecular weight excluding hydrogens is 379 g/mol. The molecule has 2 atom stereocenters. The number of halogens is 3. The fourth-order valence-electron chi connectivity index (χ4n) is 3.87. The predicted molar refractivity (Wildman–Crippen MR) is 92.7 cm³/mol. The van der Waals surface area contributed by atoms with Crippen molar-refractivity contribution in [1.29, 1.82) is 0 Å². The fourth-order valence-corrected chi connectivity index (χ4v) is 3.87. The molecular formula is C19H24F3NO5. The van der Waals surface area contributed by atoms with Gasteiger partial charge in [-0.3, -0.25) is 4.90 Å². The second kappa shape index (κ2) is 7.11. The molecule has 0 saturated carbocycles. The largest absolute Gasteiger partial charge is 0.573 e. The number of nitrogens with zero attached hydrogens (tertiary/aromatic N) is 1. The van der Waals surface area contributed by atoms with Gasteiger partial charge in [0, 0.05) is 18.4 Å². The number of rotatable bonds is 2. The Morgan fingerprint density at radius 3 is 2.29 bits per heavy atom. The molecule has 2 saturated heterocycles. The molecule has 1 aromatic carbocycles. The van der Waals surface area contributed by atoms with Crippen molar-refractivity contribution in [3.63, 3.8) is 0 Å². The van der Waals surface area contributed by atoms with Crippen LogP contribution in [0.2, 0.25) is 0 Å². The third kappa shape index (κ3) is 4.52. The molecule has 3 rings (SSSR count). The number of alkyl halides is 3. The second-order valence-electron chi connectivity index (χ2n) is 8.22. The highest BCUT2D eigenvalue weighted by Crippen LogP contribution is 2.45. The summed E-state index contributed by atoms with van der Waals surface area (Å²) in [4.78, 5) is 14.2. The number of hydrogen-bond acceptors (Lipinski definition) is 5. The molecule has 6 nitrogen and oxygen atoms in total. The number of benzene rings is 1. The molecule has 2 unspecified atom stereocenters. The Hall–Kier alpha value is -2.00. The molecule has 156 valence electrons. The van der Waals surface area contributed by atoms with Crippen molar-refractivity contribution in [1.82, 2.24) is 4.90 Å². The molecule has 0 aromatic heterocycles. The standard InChI is InChI=1S/C19H24F3NO5/c1-17(2,3)28-16(24)23-12-8-18(25,9-13(23)11-26-10-12)14-6-4-5-7-15(14)27-19(20,21)22/h4-7,12-13,25H,8-11H2,1-3H3. The SMILES string of the molecule is CC(C)(C)OC(=O)N1C2COCC1CC(O)(c1ccccc1OC(F)(F)F)C2. The summed E-state index contributed by atoms with van der Waals surface area (Å²) in [5.74, 6) is -0.442. The Morgan fingerprint density at radius 2 is 1.75 bits per heavy atom. The van der Waals surface area contributed by atoms with Gasteiger partial charge in [-0.2, -0.15) is 0 Å². The Balaban J connectivity index is 1.88. The van der Waals surface area contributed by atoms with E-state index in [0.29, 0.717) is 0 Å². The molecule has 0 spiro atoms. The summed E-state index contributed by atoms with van der Waals surface area (Å²) < 4.78 is 53.4. The number of ether oxygens (including phenoxy) is 3. The van der Waals surface area contributed by atoms with Gasteiger partial charge in [-0.15, -0.1) is 13.2 Å². The normalized spacial score (nSPS) is 28.0. The zero-order valence-corrected chi connectivity index (χ0v) is 16.0. The average molecular weight is 403 g/mol. The summed E-state index contributed by atoms with van der Waals surface area (Å²) in [5.41, 5.74) is -2.22. The van der Waals surface area contributed by atoms with Gasteiger partial charge in [0.2, 0.25) is 0 Å². The van der Waals surface area contributed by atoms with Crippen molar-refractivity contribution in [3.8, 4) is 5.75 Å². The number of para-hydroxylation sites is 1. The maximum Gasteiger partial charge on any atom is 0.573 e. The molecule has 1 amide bonds. The van der Waals surface area contributed by atoms with Crippen LogP contribution >= 0.6 is 0 Å². The zero-order valence-electron chi connectivity index (χ0n) is 16.0. The molecule has 0 radical (unpaired) electrons. The minimum Gasteiger partial charge on any atom is -0.444 e. The number of hydrogen-bond donors (Lipinski definition) is 1. The monoisotopic (exact) mass is 403 g/mol. The van der Waals surface area contributed by atoms with Gasteiger partial charge < -0.3 is 19.3 Å². The first-order chi connectivity index (χ1) is 12.9. The van der Waals surface area contributed by atoms with E-state index in [1.54, 1.807) is 26.8 Å². The molecule has 0 aliphatic carbocycles. The maximum atomic E-state index is 12.8. The molecule has 28 heavy (non-hydrogen) atoms.